The SMILES string of the molecule is COc1cccc(C(=O)N(Cc2cc3cccc(C)c3[nH]c2=O)CC(C)C)c1. The predicted octanol–water partition coefficient (Wildman–Crippen LogP) is 4.14. The number of carbonyl (C=O) groups is 1. The Balaban J connectivity index is 1.96. The second-order valence-corrected chi connectivity index (χ2v) is 7.47. The Bertz CT molecular complexity index is 1050. The van der Waals surface area contributed by atoms with Crippen LogP contribution in [0.15, 0.2) is 53.3 Å². The van der Waals surface area contributed by atoms with Crippen molar-refractivity contribution in [1.82, 2.24) is 9.88 Å². The highest BCUT2D eigenvalue weighted by atomic mass is 16.5. The van der Waals surface area contributed by atoms with Gasteiger partial charge in [-0.3, -0.25) is 9.59 Å². The molecule has 3 aromatic rings. The molecule has 0 fully saturated rings. The Hall–Kier alpha value is -3.08. The van der Waals surface area contributed by atoms with Crippen LogP contribution in [-0.2, 0) is 6.54 Å². The van der Waals surface area contributed by atoms with Crippen LogP contribution in [-0.4, -0.2) is 29.4 Å². The van der Waals surface area contributed by atoms with Crippen molar-refractivity contribution in [3.05, 3.63) is 75.6 Å². The van der Waals surface area contributed by atoms with E-state index in [2.05, 4.69) is 18.8 Å². The van der Waals surface area contributed by atoms with Crippen LogP contribution in [0.4, 0.5) is 0 Å². The average Bonchev–Trinajstić information content (AvgIpc) is 2.68. The molecule has 3 rings (SSSR count). The lowest BCUT2D eigenvalue weighted by Gasteiger charge is -2.25. The maximum Gasteiger partial charge on any atom is 0.254 e. The van der Waals surface area contributed by atoms with Gasteiger partial charge in [-0.1, -0.05) is 38.1 Å². The minimum absolute atomic E-state index is 0.115. The number of pyridine rings is 1. The Morgan fingerprint density at radius 2 is 1.89 bits per heavy atom. The lowest BCUT2D eigenvalue weighted by Crippen LogP contribution is -2.35. The van der Waals surface area contributed by atoms with Gasteiger partial charge in [0.05, 0.1) is 19.2 Å². The minimum Gasteiger partial charge on any atom is -0.497 e. The number of rotatable bonds is 6. The molecule has 0 atom stereocenters. The molecule has 0 saturated heterocycles. The largest absolute Gasteiger partial charge is 0.497 e. The van der Waals surface area contributed by atoms with Crippen LogP contribution in [0, 0.1) is 12.8 Å². The average molecular weight is 378 g/mol. The molecule has 5 nitrogen and oxygen atoms in total. The highest BCUT2D eigenvalue weighted by Crippen LogP contribution is 2.19. The summed E-state index contributed by atoms with van der Waals surface area (Å²) < 4.78 is 5.24. The highest BCUT2D eigenvalue weighted by Gasteiger charge is 2.19. The van der Waals surface area contributed by atoms with Gasteiger partial charge in [0.1, 0.15) is 5.75 Å². The van der Waals surface area contributed by atoms with Crippen LogP contribution in [0.3, 0.4) is 0 Å². The number of carbonyl (C=O) groups excluding carboxylic acids is 1. The molecule has 5 heteroatoms. The number of aromatic amines is 1. The number of amides is 1. The maximum atomic E-state index is 13.1. The minimum atomic E-state index is -0.158. The molecule has 0 aliphatic heterocycles. The van der Waals surface area contributed by atoms with Crippen molar-refractivity contribution in [2.75, 3.05) is 13.7 Å². The smallest absolute Gasteiger partial charge is 0.254 e. The van der Waals surface area contributed by atoms with E-state index >= 15 is 0 Å². The number of hydrogen-bond donors (Lipinski definition) is 1. The summed E-state index contributed by atoms with van der Waals surface area (Å²) in [5, 5.41) is 0.966. The molecule has 2 aromatic carbocycles. The Kier molecular flexibility index (Phi) is 5.83. The molecule has 0 bridgehead atoms. The molecule has 146 valence electrons. The van der Waals surface area contributed by atoms with E-state index < -0.39 is 0 Å². The van der Waals surface area contributed by atoms with Crippen LogP contribution < -0.4 is 10.3 Å². The molecule has 0 radical (unpaired) electrons. The van der Waals surface area contributed by atoms with E-state index in [0.29, 0.717) is 23.4 Å². The quantitative estimate of drug-likeness (QED) is 0.701. The zero-order valence-corrected chi connectivity index (χ0v) is 16.8. The van der Waals surface area contributed by atoms with Gasteiger partial charge < -0.3 is 14.6 Å². The Morgan fingerprint density at radius 1 is 1.14 bits per heavy atom. The van der Waals surface area contributed by atoms with Crippen molar-refractivity contribution < 1.29 is 9.53 Å². The summed E-state index contributed by atoms with van der Waals surface area (Å²) >= 11 is 0. The number of hydrogen-bond acceptors (Lipinski definition) is 3. The predicted molar refractivity (Wildman–Crippen MR) is 112 cm³/mol. The summed E-state index contributed by atoms with van der Waals surface area (Å²) in [6.07, 6.45) is 0. The molecule has 1 heterocycles. The number of benzene rings is 2. The van der Waals surface area contributed by atoms with Crippen LogP contribution in [0.1, 0.15) is 35.3 Å². The van der Waals surface area contributed by atoms with Gasteiger partial charge in [-0.2, -0.15) is 0 Å². The van der Waals surface area contributed by atoms with Crippen LogP contribution in [0.2, 0.25) is 0 Å². The number of para-hydroxylation sites is 1. The number of aromatic nitrogens is 1. The third kappa shape index (κ3) is 4.25. The Morgan fingerprint density at radius 3 is 2.61 bits per heavy atom. The summed E-state index contributed by atoms with van der Waals surface area (Å²) in [6, 6.07) is 14.9. The van der Waals surface area contributed by atoms with E-state index in [-0.39, 0.29) is 23.9 Å². The standard InChI is InChI=1S/C23H26N2O3/c1-15(2)13-25(23(27)18-9-6-10-20(12-18)28-4)14-19-11-17-8-5-7-16(3)21(17)24-22(19)26/h5-12,15H,13-14H2,1-4H3,(H,24,26). The number of nitrogens with zero attached hydrogens (tertiary/aromatic N) is 1. The van der Waals surface area contributed by atoms with Crippen LogP contribution in [0.25, 0.3) is 10.9 Å². The normalized spacial score (nSPS) is 11.0. The first-order valence-electron chi connectivity index (χ1n) is 9.44. The van der Waals surface area contributed by atoms with Gasteiger partial charge in [0.2, 0.25) is 0 Å². The van der Waals surface area contributed by atoms with Crippen molar-refractivity contribution in [2.24, 2.45) is 5.92 Å². The molecule has 0 spiro atoms. The molecule has 0 saturated carbocycles. The zero-order valence-electron chi connectivity index (χ0n) is 16.8. The highest BCUT2D eigenvalue weighted by molar-refractivity contribution is 5.94. The van der Waals surface area contributed by atoms with Crippen molar-refractivity contribution >= 4 is 16.8 Å². The number of aryl methyl sites for hydroxylation is 1. The molecule has 28 heavy (non-hydrogen) atoms. The van der Waals surface area contributed by atoms with E-state index in [4.69, 9.17) is 4.74 Å². The van der Waals surface area contributed by atoms with E-state index in [1.54, 1.807) is 36.3 Å². The first kappa shape index (κ1) is 19.7. The van der Waals surface area contributed by atoms with E-state index in [1.807, 2.05) is 31.2 Å². The fourth-order valence-electron chi connectivity index (χ4n) is 3.35. The molecule has 0 unspecified atom stereocenters. The van der Waals surface area contributed by atoms with Gasteiger partial charge in [0.25, 0.3) is 11.5 Å². The number of H-pyrrole nitrogens is 1. The summed E-state index contributed by atoms with van der Waals surface area (Å²) in [7, 11) is 1.58. The van der Waals surface area contributed by atoms with Gasteiger partial charge >= 0.3 is 0 Å². The fraction of sp³-hybridized carbons (Fsp3) is 0.304. The van der Waals surface area contributed by atoms with Crippen molar-refractivity contribution in [3.8, 4) is 5.75 Å². The summed E-state index contributed by atoms with van der Waals surface area (Å²) in [6.45, 7) is 6.89. The lowest BCUT2D eigenvalue weighted by molar-refractivity contribution is 0.0721. The molecule has 1 amide bonds. The second kappa shape index (κ2) is 8.30. The number of fused-ring (bicyclic) bond motifs is 1. The molecular weight excluding hydrogens is 352 g/mol. The Labute approximate surface area is 165 Å². The maximum absolute atomic E-state index is 13.1. The van der Waals surface area contributed by atoms with Gasteiger partial charge in [0, 0.05) is 17.7 Å². The van der Waals surface area contributed by atoms with Crippen molar-refractivity contribution in [3.63, 3.8) is 0 Å². The van der Waals surface area contributed by atoms with Gasteiger partial charge in [-0.05, 0) is 48.1 Å². The van der Waals surface area contributed by atoms with Crippen LogP contribution in [0.5, 0.6) is 5.75 Å². The van der Waals surface area contributed by atoms with E-state index in [1.165, 1.54) is 0 Å². The summed E-state index contributed by atoms with van der Waals surface area (Å²) in [5.74, 6) is 0.794. The van der Waals surface area contributed by atoms with Crippen molar-refractivity contribution in [2.45, 2.75) is 27.3 Å². The van der Waals surface area contributed by atoms with Gasteiger partial charge in [0.15, 0.2) is 0 Å². The van der Waals surface area contributed by atoms with Crippen LogP contribution >= 0.6 is 0 Å². The van der Waals surface area contributed by atoms with E-state index in [9.17, 15) is 9.59 Å². The molecule has 0 aliphatic carbocycles. The first-order chi connectivity index (χ1) is 13.4. The number of ether oxygens (including phenoxy) is 1. The first-order valence-corrected chi connectivity index (χ1v) is 9.44. The number of methoxy groups -OCH3 is 1. The topological polar surface area (TPSA) is 62.4 Å². The summed E-state index contributed by atoms with van der Waals surface area (Å²) in [5.41, 5.74) is 2.83. The third-order valence-electron chi connectivity index (χ3n) is 4.72. The van der Waals surface area contributed by atoms with Gasteiger partial charge in [-0.25, -0.2) is 0 Å². The molecular formula is C23H26N2O3. The number of nitrogens with one attached hydrogen (secondary N) is 1. The lowest BCUT2D eigenvalue weighted by atomic mass is 10.1. The van der Waals surface area contributed by atoms with E-state index in [0.717, 1.165) is 16.5 Å². The molecule has 0 aliphatic rings. The van der Waals surface area contributed by atoms with Crippen molar-refractivity contribution in [1.29, 1.82) is 0 Å². The molecule has 1 aromatic heterocycles. The second-order valence-electron chi connectivity index (χ2n) is 7.47. The third-order valence-corrected chi connectivity index (χ3v) is 4.72. The summed E-state index contributed by atoms with van der Waals surface area (Å²) in [4.78, 5) is 30.5. The molecule has 1 N–H and O–H groups in total. The fourth-order valence-corrected chi connectivity index (χ4v) is 3.35. The zero-order chi connectivity index (χ0) is 20.3. The monoisotopic (exact) mass is 378 g/mol. The van der Waals surface area contributed by atoms with Gasteiger partial charge in [-0.15, -0.1) is 0 Å².